The van der Waals surface area contributed by atoms with E-state index in [2.05, 4.69) is 20.8 Å². The van der Waals surface area contributed by atoms with Gasteiger partial charge in [0, 0.05) is 18.6 Å². The fourth-order valence-electron chi connectivity index (χ4n) is 2.74. The van der Waals surface area contributed by atoms with Crippen LogP contribution in [-0.4, -0.2) is 35.2 Å². The number of hydrogen-bond acceptors (Lipinski definition) is 3. The Balaban J connectivity index is 2.59. The zero-order valence-electron chi connectivity index (χ0n) is 12.6. The Bertz CT molecular complexity index is 302. The number of rotatable bonds is 1. The molecule has 1 rings (SSSR count). The largest absolute Gasteiger partial charge is 0.444 e. The topological polar surface area (TPSA) is 55.6 Å². The summed E-state index contributed by atoms with van der Waals surface area (Å²) in [5, 5.41) is 0. The molecule has 4 heteroatoms. The van der Waals surface area contributed by atoms with E-state index in [-0.39, 0.29) is 11.6 Å². The van der Waals surface area contributed by atoms with Crippen molar-refractivity contribution in [2.24, 2.45) is 17.6 Å². The lowest BCUT2D eigenvalue weighted by atomic mass is 9.75. The van der Waals surface area contributed by atoms with E-state index in [1.54, 1.807) is 4.90 Å². The minimum Gasteiger partial charge on any atom is -0.444 e. The van der Waals surface area contributed by atoms with Crippen LogP contribution >= 0.6 is 0 Å². The van der Waals surface area contributed by atoms with Gasteiger partial charge >= 0.3 is 6.09 Å². The Morgan fingerprint density at radius 2 is 1.83 bits per heavy atom. The van der Waals surface area contributed by atoms with Crippen LogP contribution in [0.2, 0.25) is 0 Å². The first-order valence-corrected chi connectivity index (χ1v) is 6.77. The molecule has 2 unspecified atom stereocenters. The number of nitrogens with two attached hydrogens (primary N) is 1. The van der Waals surface area contributed by atoms with Crippen molar-refractivity contribution >= 4 is 6.09 Å². The molecule has 106 valence electrons. The molecule has 0 saturated carbocycles. The maximum absolute atomic E-state index is 12.0. The Morgan fingerprint density at radius 1 is 1.28 bits per heavy atom. The van der Waals surface area contributed by atoms with Gasteiger partial charge in [-0.3, -0.25) is 0 Å². The average Bonchev–Trinajstić information content (AvgIpc) is 2.12. The van der Waals surface area contributed by atoms with Gasteiger partial charge in [0.2, 0.25) is 0 Å². The van der Waals surface area contributed by atoms with E-state index in [0.717, 1.165) is 19.5 Å². The Morgan fingerprint density at radius 3 is 2.22 bits per heavy atom. The molecular weight excluding hydrogens is 228 g/mol. The van der Waals surface area contributed by atoms with Gasteiger partial charge in [-0.15, -0.1) is 0 Å². The van der Waals surface area contributed by atoms with Gasteiger partial charge in [-0.2, -0.15) is 0 Å². The summed E-state index contributed by atoms with van der Waals surface area (Å²) in [6, 6.07) is 0. The first-order valence-electron chi connectivity index (χ1n) is 6.77. The summed E-state index contributed by atoms with van der Waals surface area (Å²) in [6.45, 7) is 13.5. The van der Waals surface area contributed by atoms with Gasteiger partial charge < -0.3 is 15.4 Å². The van der Waals surface area contributed by atoms with Gasteiger partial charge in [-0.1, -0.05) is 6.92 Å². The quantitative estimate of drug-likeness (QED) is 0.784. The number of ether oxygens (including phenoxy) is 1. The van der Waals surface area contributed by atoms with Crippen LogP contribution in [-0.2, 0) is 4.74 Å². The maximum Gasteiger partial charge on any atom is 0.410 e. The van der Waals surface area contributed by atoms with E-state index in [1.807, 2.05) is 20.8 Å². The number of amides is 1. The highest BCUT2D eigenvalue weighted by molar-refractivity contribution is 5.68. The Hall–Kier alpha value is -0.770. The van der Waals surface area contributed by atoms with Crippen LogP contribution in [0, 0.1) is 11.8 Å². The second-order valence-corrected chi connectivity index (χ2v) is 7.12. The summed E-state index contributed by atoms with van der Waals surface area (Å²) >= 11 is 0. The molecule has 2 atom stereocenters. The van der Waals surface area contributed by atoms with E-state index >= 15 is 0 Å². The zero-order chi connectivity index (χ0) is 14.1. The fraction of sp³-hybridized carbons (Fsp3) is 0.929. The molecule has 1 heterocycles. The third kappa shape index (κ3) is 4.16. The molecule has 0 spiro atoms. The van der Waals surface area contributed by atoms with Crippen molar-refractivity contribution in [1.82, 2.24) is 4.90 Å². The predicted octanol–water partition coefficient (Wildman–Crippen LogP) is 2.62. The summed E-state index contributed by atoms with van der Waals surface area (Å²) in [7, 11) is 0. The second-order valence-electron chi connectivity index (χ2n) is 7.12. The van der Waals surface area contributed by atoms with Crippen molar-refractivity contribution < 1.29 is 9.53 Å². The Kier molecular flexibility index (Phi) is 4.31. The third-order valence-electron chi connectivity index (χ3n) is 3.51. The SMILES string of the molecule is CC1CN(C(=O)OC(C)(C)C)CCC1C(C)(C)N. The van der Waals surface area contributed by atoms with Crippen molar-refractivity contribution in [2.75, 3.05) is 13.1 Å². The smallest absolute Gasteiger partial charge is 0.410 e. The molecule has 1 saturated heterocycles. The fourth-order valence-corrected chi connectivity index (χ4v) is 2.74. The van der Waals surface area contributed by atoms with Crippen LogP contribution in [0.1, 0.15) is 48.0 Å². The van der Waals surface area contributed by atoms with E-state index in [1.165, 1.54) is 0 Å². The molecule has 0 aromatic rings. The number of likely N-dealkylation sites (tertiary alicyclic amines) is 1. The van der Waals surface area contributed by atoms with Gasteiger partial charge in [-0.05, 0) is 52.9 Å². The molecule has 2 N–H and O–H groups in total. The van der Waals surface area contributed by atoms with Crippen LogP contribution in [0.15, 0.2) is 0 Å². The van der Waals surface area contributed by atoms with Crippen LogP contribution in [0.4, 0.5) is 4.79 Å². The molecule has 0 aromatic carbocycles. The van der Waals surface area contributed by atoms with Crippen molar-refractivity contribution in [3.8, 4) is 0 Å². The highest BCUT2D eigenvalue weighted by atomic mass is 16.6. The highest BCUT2D eigenvalue weighted by Crippen LogP contribution is 2.31. The average molecular weight is 256 g/mol. The van der Waals surface area contributed by atoms with E-state index in [4.69, 9.17) is 10.5 Å². The summed E-state index contributed by atoms with van der Waals surface area (Å²) in [5.74, 6) is 0.863. The number of nitrogens with zero attached hydrogens (tertiary/aromatic N) is 1. The van der Waals surface area contributed by atoms with Gasteiger partial charge in [0.05, 0.1) is 0 Å². The lowest BCUT2D eigenvalue weighted by Crippen LogP contribution is -2.53. The Labute approximate surface area is 111 Å². The second kappa shape index (κ2) is 5.08. The first kappa shape index (κ1) is 15.3. The lowest BCUT2D eigenvalue weighted by Gasteiger charge is -2.43. The monoisotopic (exact) mass is 256 g/mol. The standard InChI is InChI=1S/C14H28N2O2/c1-10-9-16(12(17)18-13(2,3)4)8-7-11(10)14(5,6)15/h10-11H,7-9,15H2,1-6H3. The van der Waals surface area contributed by atoms with Crippen LogP contribution in [0.3, 0.4) is 0 Å². The van der Waals surface area contributed by atoms with Gasteiger partial charge in [0.25, 0.3) is 0 Å². The maximum atomic E-state index is 12.0. The molecule has 1 amide bonds. The van der Waals surface area contributed by atoms with Crippen LogP contribution < -0.4 is 5.73 Å². The van der Waals surface area contributed by atoms with Gasteiger partial charge in [-0.25, -0.2) is 4.79 Å². The van der Waals surface area contributed by atoms with Gasteiger partial charge in [0.15, 0.2) is 0 Å². The van der Waals surface area contributed by atoms with E-state index in [0.29, 0.717) is 11.8 Å². The molecule has 0 radical (unpaired) electrons. The number of hydrogen-bond donors (Lipinski definition) is 1. The third-order valence-corrected chi connectivity index (χ3v) is 3.51. The van der Waals surface area contributed by atoms with E-state index < -0.39 is 5.60 Å². The summed E-state index contributed by atoms with van der Waals surface area (Å²) in [4.78, 5) is 13.8. The molecule has 0 aliphatic carbocycles. The highest BCUT2D eigenvalue weighted by Gasteiger charge is 2.37. The van der Waals surface area contributed by atoms with Gasteiger partial charge in [0.1, 0.15) is 5.60 Å². The summed E-state index contributed by atoms with van der Waals surface area (Å²) in [6.07, 6.45) is 0.742. The van der Waals surface area contributed by atoms with Crippen LogP contribution in [0.5, 0.6) is 0 Å². The summed E-state index contributed by atoms with van der Waals surface area (Å²) < 4.78 is 5.40. The molecule has 4 nitrogen and oxygen atoms in total. The lowest BCUT2D eigenvalue weighted by molar-refractivity contribution is 0.00637. The van der Waals surface area contributed by atoms with Crippen LogP contribution in [0.25, 0.3) is 0 Å². The predicted molar refractivity (Wildman–Crippen MR) is 73.3 cm³/mol. The minimum atomic E-state index is -0.426. The van der Waals surface area contributed by atoms with E-state index in [9.17, 15) is 4.79 Å². The van der Waals surface area contributed by atoms with Crippen molar-refractivity contribution in [3.05, 3.63) is 0 Å². The molecule has 1 fully saturated rings. The van der Waals surface area contributed by atoms with Crippen molar-refractivity contribution in [1.29, 1.82) is 0 Å². The van der Waals surface area contributed by atoms with Crippen molar-refractivity contribution in [3.63, 3.8) is 0 Å². The first-order chi connectivity index (χ1) is 8.00. The zero-order valence-corrected chi connectivity index (χ0v) is 12.6. The number of carbonyl (C=O) groups is 1. The summed E-state index contributed by atoms with van der Waals surface area (Å²) in [5.41, 5.74) is 5.58. The molecule has 1 aliphatic rings. The molecule has 1 aliphatic heterocycles. The molecule has 0 aromatic heterocycles. The number of piperidine rings is 1. The minimum absolute atomic E-state index is 0.181. The molecule has 18 heavy (non-hydrogen) atoms. The molecular formula is C14H28N2O2. The molecule has 0 bridgehead atoms. The van der Waals surface area contributed by atoms with Crippen molar-refractivity contribution in [2.45, 2.75) is 59.1 Å². The number of carbonyl (C=O) groups excluding carboxylic acids is 1. The normalized spacial score (nSPS) is 26.1.